The highest BCUT2D eigenvalue weighted by molar-refractivity contribution is 5.94. The van der Waals surface area contributed by atoms with Crippen LogP contribution < -0.4 is 33.2 Å². The second-order valence-electron chi connectivity index (χ2n) is 9.42. The predicted octanol–water partition coefficient (Wildman–Crippen LogP) is -2.22. The molecule has 1 aromatic rings. The Labute approximate surface area is 225 Å². The number of aromatic nitrogens is 2. The van der Waals surface area contributed by atoms with Gasteiger partial charge in [0.1, 0.15) is 18.1 Å². The maximum Gasteiger partial charge on any atom is 0.326 e. The molecule has 1 aromatic heterocycles. The smallest absolute Gasteiger partial charge is 0.326 e. The van der Waals surface area contributed by atoms with Crippen LogP contribution in [0.25, 0.3) is 0 Å². The summed E-state index contributed by atoms with van der Waals surface area (Å²) in [6.45, 7) is 3.73. The molecule has 0 aliphatic carbocycles. The SMILES string of the molecule is CC(C)CC(NC(=O)C(CCCN=C(N)N)NC(=O)C(CCC(=O)O)NC(=O)C(N)Cc1cnc[nH]1)C(=O)O. The Morgan fingerprint density at radius 1 is 0.974 bits per heavy atom. The fourth-order valence-electron chi connectivity index (χ4n) is 3.55. The number of hydrogen-bond donors (Lipinski definition) is 9. The second-order valence-corrected chi connectivity index (χ2v) is 9.42. The molecule has 1 rings (SSSR count). The van der Waals surface area contributed by atoms with E-state index < -0.39 is 60.2 Å². The van der Waals surface area contributed by atoms with E-state index >= 15 is 0 Å². The monoisotopic (exact) mass is 553 g/mol. The molecule has 0 saturated heterocycles. The third-order valence-corrected chi connectivity index (χ3v) is 5.51. The largest absolute Gasteiger partial charge is 0.481 e. The third-order valence-electron chi connectivity index (χ3n) is 5.51. The summed E-state index contributed by atoms with van der Waals surface area (Å²) in [5, 5.41) is 26.0. The standard InChI is InChI=1S/C23H39N9O7/c1-12(2)8-17(22(38)39)32-20(36)15(4-3-7-28-23(25)26)31-21(37)16(5-6-18(33)34)30-19(35)14(24)9-13-10-27-11-29-13/h10-12,14-17H,3-9,24H2,1-2H3,(H,27,29)(H,30,35)(H,31,37)(H,32,36)(H,33,34)(H,38,39)(H4,25,26,28). The van der Waals surface area contributed by atoms with Crippen molar-refractivity contribution in [1.29, 1.82) is 0 Å². The summed E-state index contributed by atoms with van der Waals surface area (Å²) in [6, 6.07) is -4.82. The predicted molar refractivity (Wildman–Crippen MR) is 140 cm³/mol. The summed E-state index contributed by atoms with van der Waals surface area (Å²) < 4.78 is 0. The van der Waals surface area contributed by atoms with Gasteiger partial charge in [0, 0.05) is 31.3 Å². The number of carbonyl (C=O) groups excluding carboxylic acids is 3. The molecule has 0 saturated carbocycles. The Morgan fingerprint density at radius 2 is 1.56 bits per heavy atom. The molecule has 12 N–H and O–H groups in total. The second kappa shape index (κ2) is 16.6. The lowest BCUT2D eigenvalue weighted by atomic mass is 10.0. The highest BCUT2D eigenvalue weighted by atomic mass is 16.4. The van der Waals surface area contributed by atoms with Crippen LogP contribution in [0.15, 0.2) is 17.5 Å². The van der Waals surface area contributed by atoms with E-state index in [4.69, 9.17) is 22.3 Å². The first-order valence-corrected chi connectivity index (χ1v) is 12.4. The average molecular weight is 554 g/mol. The Hall–Kier alpha value is -4.21. The Morgan fingerprint density at radius 3 is 2.08 bits per heavy atom. The zero-order valence-electron chi connectivity index (χ0n) is 22.1. The minimum atomic E-state index is -1.33. The van der Waals surface area contributed by atoms with Gasteiger partial charge < -0.3 is 48.3 Å². The first-order valence-electron chi connectivity index (χ1n) is 12.4. The van der Waals surface area contributed by atoms with Gasteiger partial charge in [0.15, 0.2) is 5.96 Å². The normalized spacial score (nSPS) is 13.9. The topological polar surface area (TPSA) is 281 Å². The number of amides is 3. The summed E-state index contributed by atoms with van der Waals surface area (Å²) in [5.74, 6) is -4.95. The van der Waals surface area contributed by atoms with Crippen molar-refractivity contribution in [3.63, 3.8) is 0 Å². The van der Waals surface area contributed by atoms with Gasteiger partial charge in [-0.1, -0.05) is 13.8 Å². The van der Waals surface area contributed by atoms with Crippen LogP contribution in [-0.4, -0.2) is 86.5 Å². The van der Waals surface area contributed by atoms with E-state index in [2.05, 4.69) is 30.9 Å². The number of nitrogens with one attached hydrogen (secondary N) is 4. The number of nitrogens with zero attached hydrogens (tertiary/aromatic N) is 2. The fourth-order valence-corrected chi connectivity index (χ4v) is 3.55. The number of rotatable bonds is 18. The molecule has 39 heavy (non-hydrogen) atoms. The summed E-state index contributed by atoms with van der Waals surface area (Å²) in [5.41, 5.74) is 17.1. The van der Waals surface area contributed by atoms with Gasteiger partial charge in [-0.2, -0.15) is 0 Å². The number of aromatic amines is 1. The number of nitrogens with two attached hydrogens (primary N) is 3. The quantitative estimate of drug-likeness (QED) is 0.0533. The highest BCUT2D eigenvalue weighted by Gasteiger charge is 2.30. The van der Waals surface area contributed by atoms with Crippen LogP contribution >= 0.6 is 0 Å². The van der Waals surface area contributed by atoms with Crippen LogP contribution in [-0.2, 0) is 30.4 Å². The Kier molecular flexibility index (Phi) is 14.0. The molecule has 16 heteroatoms. The zero-order valence-corrected chi connectivity index (χ0v) is 22.1. The van der Waals surface area contributed by atoms with E-state index in [-0.39, 0.29) is 50.5 Å². The lowest BCUT2D eigenvalue weighted by molar-refractivity contribution is -0.142. The van der Waals surface area contributed by atoms with Gasteiger partial charge in [0.25, 0.3) is 0 Å². The van der Waals surface area contributed by atoms with Gasteiger partial charge in [0.2, 0.25) is 17.7 Å². The van der Waals surface area contributed by atoms with Crippen LogP contribution in [0, 0.1) is 5.92 Å². The minimum absolute atomic E-state index is 0.0291. The van der Waals surface area contributed by atoms with Crippen molar-refractivity contribution < 1.29 is 34.2 Å². The molecule has 3 amide bonds. The van der Waals surface area contributed by atoms with E-state index in [0.717, 1.165) is 0 Å². The number of aliphatic carboxylic acids is 2. The van der Waals surface area contributed by atoms with Crippen molar-refractivity contribution in [3.05, 3.63) is 18.2 Å². The summed E-state index contributed by atoms with van der Waals surface area (Å²) in [7, 11) is 0. The molecular formula is C23H39N9O7. The molecule has 4 atom stereocenters. The van der Waals surface area contributed by atoms with E-state index in [1.165, 1.54) is 12.5 Å². The van der Waals surface area contributed by atoms with Crippen molar-refractivity contribution in [2.45, 2.75) is 76.5 Å². The maximum absolute atomic E-state index is 13.1. The number of carboxylic acid groups (broad SMARTS) is 2. The van der Waals surface area contributed by atoms with Gasteiger partial charge in [0.05, 0.1) is 12.4 Å². The molecule has 16 nitrogen and oxygen atoms in total. The van der Waals surface area contributed by atoms with E-state index in [9.17, 15) is 29.1 Å². The maximum atomic E-state index is 13.1. The first-order chi connectivity index (χ1) is 18.3. The Bertz CT molecular complexity index is 994. The average Bonchev–Trinajstić information content (AvgIpc) is 3.35. The molecule has 0 aromatic carbocycles. The van der Waals surface area contributed by atoms with E-state index in [1.807, 2.05) is 0 Å². The van der Waals surface area contributed by atoms with Gasteiger partial charge in [-0.15, -0.1) is 0 Å². The van der Waals surface area contributed by atoms with Crippen molar-refractivity contribution in [3.8, 4) is 0 Å². The van der Waals surface area contributed by atoms with E-state index in [0.29, 0.717) is 5.69 Å². The molecular weight excluding hydrogens is 514 g/mol. The van der Waals surface area contributed by atoms with Crippen molar-refractivity contribution in [2.75, 3.05) is 6.54 Å². The number of carbonyl (C=O) groups is 5. The van der Waals surface area contributed by atoms with Crippen molar-refractivity contribution in [1.82, 2.24) is 25.9 Å². The highest BCUT2D eigenvalue weighted by Crippen LogP contribution is 2.08. The van der Waals surface area contributed by atoms with Crippen LogP contribution in [0.5, 0.6) is 0 Å². The van der Waals surface area contributed by atoms with Crippen LogP contribution in [0.1, 0.15) is 51.6 Å². The van der Waals surface area contributed by atoms with Crippen LogP contribution in [0.4, 0.5) is 0 Å². The number of carboxylic acids is 2. The molecule has 0 spiro atoms. The number of H-pyrrole nitrogens is 1. The Balaban J connectivity index is 3.04. The van der Waals surface area contributed by atoms with Crippen LogP contribution in [0.3, 0.4) is 0 Å². The molecule has 0 radical (unpaired) electrons. The lowest BCUT2D eigenvalue weighted by Gasteiger charge is -2.25. The molecule has 0 fully saturated rings. The fraction of sp³-hybridized carbons (Fsp3) is 0.609. The zero-order chi connectivity index (χ0) is 29.5. The summed E-state index contributed by atoms with van der Waals surface area (Å²) in [4.78, 5) is 72.1. The lowest BCUT2D eigenvalue weighted by Crippen LogP contribution is -2.57. The van der Waals surface area contributed by atoms with Crippen molar-refractivity contribution in [2.24, 2.45) is 28.1 Å². The number of guanidine groups is 1. The third kappa shape index (κ3) is 13.2. The summed E-state index contributed by atoms with van der Waals surface area (Å²) >= 11 is 0. The molecule has 4 unspecified atom stereocenters. The van der Waals surface area contributed by atoms with Crippen LogP contribution in [0.2, 0.25) is 0 Å². The number of aliphatic imine (C=N–C) groups is 1. The minimum Gasteiger partial charge on any atom is -0.481 e. The number of imidazole rings is 1. The molecule has 1 heterocycles. The van der Waals surface area contributed by atoms with Gasteiger partial charge in [-0.25, -0.2) is 9.78 Å². The van der Waals surface area contributed by atoms with Gasteiger partial charge in [-0.3, -0.25) is 24.2 Å². The van der Waals surface area contributed by atoms with Gasteiger partial charge >= 0.3 is 11.9 Å². The molecule has 0 aliphatic heterocycles. The van der Waals surface area contributed by atoms with Gasteiger partial charge in [-0.05, 0) is 31.6 Å². The number of hydrogen-bond acceptors (Lipinski definition) is 8. The first kappa shape index (κ1) is 32.8. The van der Waals surface area contributed by atoms with E-state index in [1.54, 1.807) is 13.8 Å². The summed E-state index contributed by atoms with van der Waals surface area (Å²) in [6.07, 6.45) is 2.68. The molecule has 0 aliphatic rings. The molecule has 0 bridgehead atoms. The van der Waals surface area contributed by atoms with Crippen molar-refractivity contribution >= 4 is 35.6 Å². The molecule has 218 valence electrons.